The second-order valence-electron chi connectivity index (χ2n) is 5.53. The summed E-state index contributed by atoms with van der Waals surface area (Å²) < 4.78 is 5.65. The molecule has 0 bridgehead atoms. The Morgan fingerprint density at radius 1 is 1.15 bits per heavy atom. The molecule has 2 aromatic heterocycles. The standard InChI is InChI=1S/C19H14N4O3S/c24-16-8-4-1-5-13(16)18(25)23-20-11-12-9-10-17(26-12)27-19-21-14-6-2-3-7-15(14)22-19/h1-11,24H,(H,21,22)(H,23,25)/b20-11+. The third-order valence-electron chi connectivity index (χ3n) is 3.67. The number of hydrazone groups is 1. The molecule has 2 aromatic carbocycles. The first-order valence-corrected chi connectivity index (χ1v) is 8.84. The fourth-order valence-electron chi connectivity index (χ4n) is 2.41. The van der Waals surface area contributed by atoms with Crippen molar-refractivity contribution in [3.8, 4) is 5.75 Å². The van der Waals surface area contributed by atoms with Crippen LogP contribution >= 0.6 is 11.8 Å². The van der Waals surface area contributed by atoms with Crippen molar-refractivity contribution in [2.24, 2.45) is 5.10 Å². The number of carbonyl (C=O) groups excluding carboxylic acids is 1. The quantitative estimate of drug-likeness (QED) is 0.362. The maximum Gasteiger partial charge on any atom is 0.275 e. The lowest BCUT2D eigenvalue weighted by Gasteiger charge is -2.01. The van der Waals surface area contributed by atoms with E-state index in [1.807, 2.05) is 24.3 Å². The van der Waals surface area contributed by atoms with Gasteiger partial charge in [-0.2, -0.15) is 5.10 Å². The van der Waals surface area contributed by atoms with Gasteiger partial charge in [0.1, 0.15) is 11.5 Å². The van der Waals surface area contributed by atoms with Crippen molar-refractivity contribution < 1.29 is 14.3 Å². The Kier molecular flexibility index (Phi) is 4.63. The highest BCUT2D eigenvalue weighted by Crippen LogP contribution is 2.28. The number of benzene rings is 2. The number of aromatic amines is 1. The van der Waals surface area contributed by atoms with E-state index in [4.69, 9.17) is 4.42 Å². The van der Waals surface area contributed by atoms with Gasteiger partial charge in [0.15, 0.2) is 10.2 Å². The number of aromatic nitrogens is 2. The van der Waals surface area contributed by atoms with Crippen molar-refractivity contribution in [1.29, 1.82) is 0 Å². The Bertz CT molecular complexity index is 1100. The Balaban J connectivity index is 1.39. The minimum absolute atomic E-state index is 0.104. The van der Waals surface area contributed by atoms with Crippen molar-refractivity contribution in [3.05, 3.63) is 72.0 Å². The van der Waals surface area contributed by atoms with Crippen LogP contribution in [-0.2, 0) is 0 Å². The molecule has 3 N–H and O–H groups in total. The highest BCUT2D eigenvalue weighted by molar-refractivity contribution is 7.99. The molecule has 0 spiro atoms. The third kappa shape index (κ3) is 3.85. The molecule has 0 atom stereocenters. The molecule has 0 saturated carbocycles. The summed E-state index contributed by atoms with van der Waals surface area (Å²) in [6.45, 7) is 0. The lowest BCUT2D eigenvalue weighted by atomic mass is 10.2. The van der Waals surface area contributed by atoms with Gasteiger partial charge < -0.3 is 14.5 Å². The van der Waals surface area contributed by atoms with E-state index in [9.17, 15) is 9.90 Å². The van der Waals surface area contributed by atoms with Gasteiger partial charge in [0.2, 0.25) is 0 Å². The van der Waals surface area contributed by atoms with E-state index >= 15 is 0 Å². The predicted octanol–water partition coefficient (Wildman–Crippen LogP) is 3.78. The van der Waals surface area contributed by atoms with E-state index in [-0.39, 0.29) is 11.3 Å². The summed E-state index contributed by atoms with van der Waals surface area (Å²) >= 11 is 1.36. The number of rotatable bonds is 5. The van der Waals surface area contributed by atoms with Crippen LogP contribution in [0.1, 0.15) is 16.1 Å². The van der Waals surface area contributed by atoms with Crippen molar-refractivity contribution in [2.45, 2.75) is 10.2 Å². The van der Waals surface area contributed by atoms with Crippen LogP contribution in [0.15, 0.2) is 80.4 Å². The number of hydrogen-bond acceptors (Lipinski definition) is 6. The number of phenols is 1. The molecule has 7 nitrogen and oxygen atoms in total. The molecule has 0 radical (unpaired) electrons. The molecule has 8 heteroatoms. The molecule has 0 unspecified atom stereocenters. The van der Waals surface area contributed by atoms with Gasteiger partial charge in [0.05, 0.1) is 22.8 Å². The number of fused-ring (bicyclic) bond motifs is 1. The van der Waals surface area contributed by atoms with Crippen LogP contribution in [-0.4, -0.2) is 27.2 Å². The number of imidazole rings is 1. The number of aromatic hydroxyl groups is 1. The summed E-state index contributed by atoms with van der Waals surface area (Å²) in [6.07, 6.45) is 1.39. The minimum atomic E-state index is -0.507. The highest BCUT2D eigenvalue weighted by Gasteiger charge is 2.09. The Hall–Kier alpha value is -3.52. The van der Waals surface area contributed by atoms with Crippen LogP contribution in [0.25, 0.3) is 11.0 Å². The van der Waals surface area contributed by atoms with E-state index in [1.54, 1.807) is 24.3 Å². The number of nitrogens with zero attached hydrogens (tertiary/aromatic N) is 2. The first-order valence-electron chi connectivity index (χ1n) is 8.03. The summed E-state index contributed by atoms with van der Waals surface area (Å²) in [6, 6.07) is 17.5. The molecule has 0 aliphatic carbocycles. The van der Waals surface area contributed by atoms with Gasteiger partial charge >= 0.3 is 0 Å². The van der Waals surface area contributed by atoms with Crippen LogP contribution in [0.3, 0.4) is 0 Å². The van der Waals surface area contributed by atoms with E-state index < -0.39 is 5.91 Å². The lowest BCUT2D eigenvalue weighted by Crippen LogP contribution is -2.17. The largest absolute Gasteiger partial charge is 0.507 e. The second kappa shape index (κ2) is 7.38. The smallest absolute Gasteiger partial charge is 0.275 e. The summed E-state index contributed by atoms with van der Waals surface area (Å²) in [5.41, 5.74) is 4.35. The molecule has 0 aliphatic heterocycles. The van der Waals surface area contributed by atoms with Crippen LogP contribution in [0.5, 0.6) is 5.75 Å². The maximum absolute atomic E-state index is 12.0. The summed E-state index contributed by atoms with van der Waals surface area (Å²) in [7, 11) is 0. The van der Waals surface area contributed by atoms with E-state index in [2.05, 4.69) is 20.5 Å². The van der Waals surface area contributed by atoms with Gasteiger partial charge in [-0.25, -0.2) is 10.4 Å². The number of carbonyl (C=O) groups is 1. The van der Waals surface area contributed by atoms with Crippen molar-refractivity contribution >= 4 is 34.9 Å². The molecule has 0 saturated heterocycles. The van der Waals surface area contributed by atoms with Gasteiger partial charge in [-0.15, -0.1) is 0 Å². The van der Waals surface area contributed by atoms with Gasteiger partial charge in [-0.05, 0) is 48.2 Å². The topological polar surface area (TPSA) is 104 Å². The van der Waals surface area contributed by atoms with Crippen molar-refractivity contribution in [3.63, 3.8) is 0 Å². The van der Waals surface area contributed by atoms with Crippen molar-refractivity contribution in [2.75, 3.05) is 0 Å². The fourth-order valence-corrected chi connectivity index (χ4v) is 3.18. The molecule has 4 aromatic rings. The fraction of sp³-hybridized carbons (Fsp3) is 0. The number of hydrogen-bond donors (Lipinski definition) is 3. The van der Waals surface area contributed by atoms with E-state index in [1.165, 1.54) is 30.1 Å². The molecule has 27 heavy (non-hydrogen) atoms. The Labute approximate surface area is 158 Å². The number of furan rings is 1. The normalized spacial score (nSPS) is 11.3. The molecule has 0 fully saturated rings. The number of amides is 1. The Morgan fingerprint density at radius 3 is 2.81 bits per heavy atom. The molecule has 4 rings (SSSR count). The maximum atomic E-state index is 12.0. The summed E-state index contributed by atoms with van der Waals surface area (Å²) in [5, 5.41) is 14.9. The number of para-hydroxylation sites is 3. The zero-order valence-corrected chi connectivity index (χ0v) is 14.7. The average molecular weight is 378 g/mol. The van der Waals surface area contributed by atoms with Gasteiger partial charge in [-0.1, -0.05) is 24.3 Å². The zero-order chi connectivity index (χ0) is 18.6. The average Bonchev–Trinajstić information content (AvgIpc) is 3.28. The highest BCUT2D eigenvalue weighted by atomic mass is 32.2. The van der Waals surface area contributed by atoms with E-state index in [0.717, 1.165) is 16.2 Å². The van der Waals surface area contributed by atoms with E-state index in [0.29, 0.717) is 10.9 Å². The molecular formula is C19H14N4O3S. The molecule has 0 aliphatic rings. The van der Waals surface area contributed by atoms with Crippen LogP contribution in [0, 0.1) is 0 Å². The molecule has 134 valence electrons. The molecule has 1 amide bonds. The van der Waals surface area contributed by atoms with Gasteiger partial charge in [0, 0.05) is 0 Å². The Morgan fingerprint density at radius 2 is 1.96 bits per heavy atom. The number of nitrogens with one attached hydrogen (secondary N) is 2. The summed E-state index contributed by atoms with van der Waals surface area (Å²) in [4.78, 5) is 19.6. The lowest BCUT2D eigenvalue weighted by molar-refractivity contribution is 0.0952. The third-order valence-corrected chi connectivity index (χ3v) is 4.48. The predicted molar refractivity (Wildman–Crippen MR) is 102 cm³/mol. The summed E-state index contributed by atoms with van der Waals surface area (Å²) in [5.74, 6) is -0.133. The monoisotopic (exact) mass is 378 g/mol. The number of phenolic OH excluding ortho intramolecular Hbond substituents is 1. The second-order valence-corrected chi connectivity index (χ2v) is 6.53. The van der Waals surface area contributed by atoms with Crippen LogP contribution in [0.4, 0.5) is 0 Å². The molecule has 2 heterocycles. The van der Waals surface area contributed by atoms with Crippen molar-refractivity contribution in [1.82, 2.24) is 15.4 Å². The minimum Gasteiger partial charge on any atom is -0.507 e. The first-order chi connectivity index (χ1) is 13.2. The van der Waals surface area contributed by atoms with Gasteiger partial charge in [0.25, 0.3) is 5.91 Å². The SMILES string of the molecule is O=C(N/N=C/c1ccc(Sc2nc3ccccc3[nH]2)o1)c1ccccc1O. The molecular weight excluding hydrogens is 364 g/mol. The van der Waals surface area contributed by atoms with Crippen LogP contribution in [0.2, 0.25) is 0 Å². The van der Waals surface area contributed by atoms with Crippen LogP contribution < -0.4 is 5.43 Å². The first kappa shape index (κ1) is 16.9. The number of H-pyrrole nitrogens is 1. The van der Waals surface area contributed by atoms with Gasteiger partial charge in [-0.3, -0.25) is 4.79 Å². The zero-order valence-electron chi connectivity index (χ0n) is 13.9.